The van der Waals surface area contributed by atoms with E-state index < -0.39 is 0 Å². The summed E-state index contributed by atoms with van der Waals surface area (Å²) >= 11 is 0. The Morgan fingerprint density at radius 3 is 2.76 bits per heavy atom. The molecule has 1 fully saturated rings. The van der Waals surface area contributed by atoms with Gasteiger partial charge in [0.1, 0.15) is 0 Å². The Balaban J connectivity index is 1.82. The molecule has 1 N–H and O–H groups in total. The van der Waals surface area contributed by atoms with Crippen LogP contribution in [0.15, 0.2) is 18.2 Å². The van der Waals surface area contributed by atoms with Crippen molar-refractivity contribution in [2.24, 2.45) is 0 Å². The van der Waals surface area contributed by atoms with Gasteiger partial charge in [-0.05, 0) is 61.9 Å². The van der Waals surface area contributed by atoms with E-state index in [2.05, 4.69) is 35.5 Å². The Labute approximate surface area is 104 Å². The predicted molar refractivity (Wildman–Crippen MR) is 72.8 cm³/mol. The second-order valence-corrected chi connectivity index (χ2v) is 5.42. The molecule has 0 amide bonds. The van der Waals surface area contributed by atoms with Crippen LogP contribution in [0.25, 0.3) is 0 Å². The molecule has 1 aliphatic heterocycles. The van der Waals surface area contributed by atoms with Gasteiger partial charge in [-0.3, -0.25) is 0 Å². The number of anilines is 1. The minimum absolute atomic E-state index is 0.677. The Morgan fingerprint density at radius 1 is 1.18 bits per heavy atom. The van der Waals surface area contributed by atoms with Gasteiger partial charge in [0.2, 0.25) is 0 Å². The lowest BCUT2D eigenvalue weighted by Gasteiger charge is -2.27. The van der Waals surface area contributed by atoms with Gasteiger partial charge in [0.05, 0.1) is 0 Å². The van der Waals surface area contributed by atoms with Gasteiger partial charge in [-0.15, -0.1) is 0 Å². The number of hydrogen-bond acceptors (Lipinski definition) is 2. The second kappa shape index (κ2) is 4.69. The van der Waals surface area contributed by atoms with Crippen molar-refractivity contribution in [3.63, 3.8) is 0 Å². The van der Waals surface area contributed by atoms with Crippen molar-refractivity contribution in [2.75, 3.05) is 25.0 Å². The van der Waals surface area contributed by atoms with Crippen LogP contribution >= 0.6 is 0 Å². The maximum Gasteiger partial charge on any atom is 0.0423 e. The van der Waals surface area contributed by atoms with Crippen LogP contribution < -0.4 is 10.2 Å². The van der Waals surface area contributed by atoms with Crippen LogP contribution in [0, 0.1) is 0 Å². The summed E-state index contributed by atoms with van der Waals surface area (Å²) in [4.78, 5) is 2.45. The van der Waals surface area contributed by atoms with Crippen molar-refractivity contribution in [1.29, 1.82) is 0 Å². The lowest BCUT2D eigenvalue weighted by molar-refractivity contribution is 0.673. The molecule has 0 spiro atoms. The summed E-state index contributed by atoms with van der Waals surface area (Å²) in [7, 11) is 2.24. The fourth-order valence-electron chi connectivity index (χ4n) is 3.12. The zero-order valence-corrected chi connectivity index (χ0v) is 10.7. The molecule has 3 rings (SSSR count). The highest BCUT2D eigenvalue weighted by atomic mass is 15.2. The van der Waals surface area contributed by atoms with E-state index in [9.17, 15) is 0 Å². The first-order valence-corrected chi connectivity index (χ1v) is 6.90. The van der Waals surface area contributed by atoms with Gasteiger partial charge in [0.25, 0.3) is 0 Å². The highest BCUT2D eigenvalue weighted by molar-refractivity contribution is 5.52. The first-order valence-electron chi connectivity index (χ1n) is 6.90. The molecule has 1 aromatic rings. The molecular formula is C15H22N2. The van der Waals surface area contributed by atoms with Crippen LogP contribution in [0.2, 0.25) is 0 Å². The van der Waals surface area contributed by atoms with Crippen LogP contribution in [-0.4, -0.2) is 26.2 Å². The van der Waals surface area contributed by atoms with Crippen LogP contribution in [0.5, 0.6) is 0 Å². The molecule has 1 atom stereocenters. The fraction of sp³-hybridized carbons (Fsp3) is 0.600. The lowest BCUT2D eigenvalue weighted by atomic mass is 9.91. The third-order valence-electron chi connectivity index (χ3n) is 4.32. The molecule has 2 nitrogen and oxygen atoms in total. The van der Waals surface area contributed by atoms with Gasteiger partial charge in [-0.25, -0.2) is 0 Å². The van der Waals surface area contributed by atoms with Gasteiger partial charge in [0, 0.05) is 25.3 Å². The number of hydrogen-bond donors (Lipinski definition) is 1. The third kappa shape index (κ3) is 2.19. The largest absolute Gasteiger partial charge is 0.370 e. The Kier molecular flexibility index (Phi) is 3.06. The van der Waals surface area contributed by atoms with E-state index in [-0.39, 0.29) is 0 Å². The zero-order chi connectivity index (χ0) is 11.7. The molecule has 0 saturated carbocycles. The molecule has 1 aliphatic carbocycles. The lowest BCUT2D eigenvalue weighted by Crippen LogP contribution is -2.33. The zero-order valence-electron chi connectivity index (χ0n) is 10.7. The normalized spacial score (nSPS) is 23.5. The highest BCUT2D eigenvalue weighted by Crippen LogP contribution is 2.27. The fourth-order valence-corrected chi connectivity index (χ4v) is 3.12. The van der Waals surface area contributed by atoms with Crippen LogP contribution in [-0.2, 0) is 12.8 Å². The number of nitrogens with one attached hydrogen (secondary N) is 1. The van der Waals surface area contributed by atoms with Crippen molar-refractivity contribution in [3.05, 3.63) is 29.3 Å². The molecular weight excluding hydrogens is 208 g/mol. The first kappa shape index (κ1) is 11.1. The van der Waals surface area contributed by atoms with E-state index in [0.29, 0.717) is 6.04 Å². The maximum absolute atomic E-state index is 3.44. The van der Waals surface area contributed by atoms with Gasteiger partial charge in [-0.2, -0.15) is 0 Å². The van der Waals surface area contributed by atoms with E-state index >= 15 is 0 Å². The molecule has 1 aromatic carbocycles. The summed E-state index contributed by atoms with van der Waals surface area (Å²) in [5.74, 6) is 0. The minimum atomic E-state index is 0.677. The van der Waals surface area contributed by atoms with E-state index in [0.717, 1.165) is 6.54 Å². The standard InChI is InChI=1S/C15H22N2/c1-17(15-8-9-16-11-15)14-7-6-12-4-2-3-5-13(12)10-14/h6-7,10,15-16H,2-5,8-9,11H2,1H3. The highest BCUT2D eigenvalue weighted by Gasteiger charge is 2.20. The number of rotatable bonds is 2. The topological polar surface area (TPSA) is 15.3 Å². The SMILES string of the molecule is CN(c1ccc2c(c1)CCCC2)C1CCNC1. The summed E-state index contributed by atoms with van der Waals surface area (Å²) in [5.41, 5.74) is 4.57. The van der Waals surface area contributed by atoms with Crippen molar-refractivity contribution in [1.82, 2.24) is 5.32 Å². The predicted octanol–water partition coefficient (Wildman–Crippen LogP) is 2.36. The molecule has 1 unspecified atom stereocenters. The molecule has 2 heteroatoms. The molecule has 92 valence electrons. The average molecular weight is 230 g/mol. The van der Waals surface area contributed by atoms with Crippen molar-refractivity contribution >= 4 is 5.69 Å². The van der Waals surface area contributed by atoms with Crippen LogP contribution in [0.4, 0.5) is 5.69 Å². The average Bonchev–Trinajstić information content (AvgIpc) is 2.91. The third-order valence-corrected chi connectivity index (χ3v) is 4.32. The number of aryl methyl sites for hydroxylation is 2. The van der Waals surface area contributed by atoms with Crippen molar-refractivity contribution < 1.29 is 0 Å². The molecule has 0 aromatic heterocycles. The van der Waals surface area contributed by atoms with Crippen LogP contribution in [0.1, 0.15) is 30.4 Å². The quantitative estimate of drug-likeness (QED) is 0.839. The molecule has 1 heterocycles. The van der Waals surface area contributed by atoms with Crippen molar-refractivity contribution in [3.8, 4) is 0 Å². The number of likely N-dealkylation sites (N-methyl/N-ethyl adjacent to an activating group) is 1. The van der Waals surface area contributed by atoms with E-state index in [1.165, 1.54) is 44.3 Å². The first-order chi connectivity index (χ1) is 8.34. The van der Waals surface area contributed by atoms with E-state index in [1.807, 2.05) is 0 Å². The molecule has 1 saturated heterocycles. The smallest absolute Gasteiger partial charge is 0.0423 e. The molecule has 0 bridgehead atoms. The Hall–Kier alpha value is -1.02. The van der Waals surface area contributed by atoms with Gasteiger partial charge < -0.3 is 10.2 Å². The molecule has 17 heavy (non-hydrogen) atoms. The summed E-state index contributed by atoms with van der Waals surface area (Å²) < 4.78 is 0. The molecule has 2 aliphatic rings. The van der Waals surface area contributed by atoms with E-state index in [1.54, 1.807) is 11.1 Å². The maximum atomic E-state index is 3.44. The minimum Gasteiger partial charge on any atom is -0.370 e. The van der Waals surface area contributed by atoms with Gasteiger partial charge in [-0.1, -0.05) is 6.07 Å². The monoisotopic (exact) mass is 230 g/mol. The van der Waals surface area contributed by atoms with E-state index in [4.69, 9.17) is 0 Å². The summed E-state index contributed by atoms with van der Waals surface area (Å²) in [6.07, 6.45) is 6.57. The van der Waals surface area contributed by atoms with Crippen molar-refractivity contribution in [2.45, 2.75) is 38.1 Å². The Bertz CT molecular complexity index is 394. The second-order valence-electron chi connectivity index (χ2n) is 5.42. The number of benzene rings is 1. The van der Waals surface area contributed by atoms with Gasteiger partial charge >= 0.3 is 0 Å². The summed E-state index contributed by atoms with van der Waals surface area (Å²) in [6, 6.07) is 7.76. The van der Waals surface area contributed by atoms with Gasteiger partial charge in [0.15, 0.2) is 0 Å². The summed E-state index contributed by atoms with van der Waals surface area (Å²) in [5, 5.41) is 3.44. The van der Waals surface area contributed by atoms with Crippen LogP contribution in [0.3, 0.4) is 0 Å². The number of nitrogens with zero attached hydrogens (tertiary/aromatic N) is 1. The summed E-state index contributed by atoms with van der Waals surface area (Å²) in [6.45, 7) is 2.30. The Morgan fingerprint density at radius 2 is 2.00 bits per heavy atom. The molecule has 0 radical (unpaired) electrons. The number of fused-ring (bicyclic) bond motifs is 1.